The molecule has 0 saturated heterocycles. The number of nitrogens with zero attached hydrogens (tertiary/aromatic N) is 1. The SMILES string of the molecule is CC(=O)Nc1ccc(N=C(c2ccccc2)c2ccccc2)c2c1C(=O)CCC2. The quantitative estimate of drug-likeness (QED) is 0.620. The van der Waals surface area contributed by atoms with Gasteiger partial charge in [-0.2, -0.15) is 0 Å². The van der Waals surface area contributed by atoms with Gasteiger partial charge in [-0.05, 0) is 30.5 Å². The fourth-order valence-corrected chi connectivity index (χ4v) is 3.77. The Labute approximate surface area is 170 Å². The number of aliphatic imine (C=N–C) groups is 1. The van der Waals surface area contributed by atoms with Gasteiger partial charge in [0.1, 0.15) is 0 Å². The van der Waals surface area contributed by atoms with Crippen LogP contribution in [-0.4, -0.2) is 17.4 Å². The molecule has 0 atom stereocenters. The minimum atomic E-state index is -0.184. The van der Waals surface area contributed by atoms with Gasteiger partial charge in [0.2, 0.25) is 5.91 Å². The summed E-state index contributed by atoms with van der Waals surface area (Å²) >= 11 is 0. The molecule has 3 aromatic carbocycles. The van der Waals surface area contributed by atoms with Gasteiger partial charge in [0.05, 0.1) is 17.1 Å². The maximum absolute atomic E-state index is 12.7. The van der Waals surface area contributed by atoms with Gasteiger partial charge in [0, 0.05) is 30.0 Å². The molecule has 4 rings (SSSR count). The Balaban J connectivity index is 1.90. The van der Waals surface area contributed by atoms with Crippen LogP contribution in [0.5, 0.6) is 0 Å². The Kier molecular flexibility index (Phi) is 5.34. The van der Waals surface area contributed by atoms with Crippen LogP contribution in [-0.2, 0) is 11.2 Å². The highest BCUT2D eigenvalue weighted by atomic mass is 16.1. The second-order valence-electron chi connectivity index (χ2n) is 7.14. The molecule has 3 aromatic rings. The molecule has 1 aliphatic carbocycles. The van der Waals surface area contributed by atoms with Gasteiger partial charge < -0.3 is 5.32 Å². The van der Waals surface area contributed by atoms with E-state index in [0.29, 0.717) is 17.7 Å². The van der Waals surface area contributed by atoms with Crippen molar-refractivity contribution in [2.45, 2.75) is 26.2 Å². The molecule has 0 bridgehead atoms. The van der Waals surface area contributed by atoms with Gasteiger partial charge in [-0.25, -0.2) is 4.99 Å². The van der Waals surface area contributed by atoms with E-state index in [4.69, 9.17) is 4.99 Å². The second kappa shape index (κ2) is 8.23. The Morgan fingerprint density at radius 1 is 0.862 bits per heavy atom. The van der Waals surface area contributed by atoms with Crippen molar-refractivity contribution in [3.63, 3.8) is 0 Å². The Bertz CT molecular complexity index is 1050. The normalized spacial score (nSPS) is 12.8. The lowest BCUT2D eigenvalue weighted by atomic mass is 9.88. The molecule has 0 aromatic heterocycles. The molecule has 1 N–H and O–H groups in total. The third-order valence-corrected chi connectivity index (χ3v) is 5.04. The topological polar surface area (TPSA) is 58.5 Å². The van der Waals surface area contributed by atoms with E-state index in [1.54, 1.807) is 6.07 Å². The number of ketones is 1. The van der Waals surface area contributed by atoms with Crippen molar-refractivity contribution in [3.05, 3.63) is 95.1 Å². The molecular weight excluding hydrogens is 360 g/mol. The summed E-state index contributed by atoms with van der Waals surface area (Å²) in [4.78, 5) is 29.3. The van der Waals surface area contributed by atoms with Gasteiger partial charge >= 0.3 is 0 Å². The standard InChI is InChI=1S/C25H22N2O2/c1-17(28)26-22-16-15-21(20-13-8-14-23(29)24(20)22)27-25(18-9-4-2-5-10-18)19-11-6-3-7-12-19/h2-7,9-12,15-16H,8,13-14H2,1H3,(H,26,28). The number of rotatable bonds is 4. The monoisotopic (exact) mass is 382 g/mol. The Morgan fingerprint density at radius 3 is 2.07 bits per heavy atom. The zero-order valence-electron chi connectivity index (χ0n) is 16.3. The van der Waals surface area contributed by atoms with Gasteiger partial charge in [0.25, 0.3) is 0 Å². The molecule has 0 heterocycles. The third-order valence-electron chi connectivity index (χ3n) is 5.04. The number of carbonyl (C=O) groups excluding carboxylic acids is 2. The van der Waals surface area contributed by atoms with E-state index in [-0.39, 0.29) is 11.7 Å². The minimum absolute atomic E-state index is 0.0630. The summed E-state index contributed by atoms with van der Waals surface area (Å²) in [6.07, 6.45) is 2.06. The van der Waals surface area contributed by atoms with E-state index in [9.17, 15) is 9.59 Å². The van der Waals surface area contributed by atoms with Gasteiger partial charge in [0.15, 0.2) is 5.78 Å². The molecule has 0 unspecified atom stereocenters. The fraction of sp³-hybridized carbons (Fsp3) is 0.160. The van der Waals surface area contributed by atoms with Crippen molar-refractivity contribution in [2.75, 3.05) is 5.32 Å². The average molecular weight is 382 g/mol. The highest BCUT2D eigenvalue weighted by molar-refractivity contribution is 6.14. The van der Waals surface area contributed by atoms with E-state index < -0.39 is 0 Å². The molecule has 4 nitrogen and oxygen atoms in total. The number of Topliss-reactive ketones (excluding diaryl/α,β-unsaturated/α-hetero) is 1. The number of benzene rings is 3. The van der Waals surface area contributed by atoms with E-state index in [1.165, 1.54) is 6.92 Å². The van der Waals surface area contributed by atoms with Crippen LogP contribution >= 0.6 is 0 Å². The second-order valence-corrected chi connectivity index (χ2v) is 7.14. The third kappa shape index (κ3) is 4.02. The molecule has 29 heavy (non-hydrogen) atoms. The number of hydrogen-bond acceptors (Lipinski definition) is 3. The van der Waals surface area contributed by atoms with Crippen LogP contribution in [0.15, 0.2) is 77.8 Å². The fourth-order valence-electron chi connectivity index (χ4n) is 3.77. The zero-order valence-corrected chi connectivity index (χ0v) is 16.3. The predicted molar refractivity (Wildman–Crippen MR) is 116 cm³/mol. The summed E-state index contributed by atoms with van der Waals surface area (Å²) in [5.74, 6) is -0.121. The number of fused-ring (bicyclic) bond motifs is 1. The van der Waals surface area contributed by atoms with Gasteiger partial charge in [-0.1, -0.05) is 60.7 Å². The largest absolute Gasteiger partial charge is 0.326 e. The van der Waals surface area contributed by atoms with Gasteiger partial charge in [-0.3, -0.25) is 9.59 Å². The number of anilines is 1. The lowest BCUT2D eigenvalue weighted by Gasteiger charge is -2.21. The summed E-state index contributed by atoms with van der Waals surface area (Å²) in [6, 6.07) is 23.8. The van der Waals surface area contributed by atoms with Crippen molar-refractivity contribution in [3.8, 4) is 0 Å². The van der Waals surface area contributed by atoms with E-state index in [2.05, 4.69) is 5.32 Å². The average Bonchev–Trinajstić information content (AvgIpc) is 2.74. The first kappa shape index (κ1) is 18.8. The smallest absolute Gasteiger partial charge is 0.221 e. The zero-order chi connectivity index (χ0) is 20.2. The molecule has 1 amide bonds. The van der Waals surface area contributed by atoms with Crippen LogP contribution in [0.3, 0.4) is 0 Å². The Hall–Kier alpha value is -3.53. The number of hydrogen-bond donors (Lipinski definition) is 1. The summed E-state index contributed by atoms with van der Waals surface area (Å²) < 4.78 is 0. The molecule has 0 radical (unpaired) electrons. The summed E-state index contributed by atoms with van der Waals surface area (Å²) in [7, 11) is 0. The van der Waals surface area contributed by atoms with Crippen LogP contribution in [0, 0.1) is 0 Å². The molecule has 0 aliphatic heterocycles. The highest BCUT2D eigenvalue weighted by Gasteiger charge is 2.24. The van der Waals surface area contributed by atoms with Crippen LogP contribution < -0.4 is 5.32 Å². The van der Waals surface area contributed by atoms with Crippen molar-refractivity contribution in [2.24, 2.45) is 4.99 Å². The molecule has 1 aliphatic rings. The Morgan fingerprint density at radius 2 is 1.48 bits per heavy atom. The minimum Gasteiger partial charge on any atom is -0.326 e. The summed E-state index contributed by atoms with van der Waals surface area (Å²) in [5.41, 5.74) is 5.77. The van der Waals surface area contributed by atoms with Crippen molar-refractivity contribution in [1.82, 2.24) is 0 Å². The number of nitrogens with one attached hydrogen (secondary N) is 1. The molecule has 0 spiro atoms. The first-order chi connectivity index (χ1) is 14.1. The summed E-state index contributed by atoms with van der Waals surface area (Å²) in [5, 5.41) is 2.80. The molecular formula is C25H22N2O2. The van der Waals surface area contributed by atoms with E-state index >= 15 is 0 Å². The lowest BCUT2D eigenvalue weighted by molar-refractivity contribution is -0.114. The van der Waals surface area contributed by atoms with Crippen LogP contribution in [0.25, 0.3) is 0 Å². The van der Waals surface area contributed by atoms with E-state index in [0.717, 1.165) is 40.9 Å². The first-order valence-corrected chi connectivity index (χ1v) is 9.79. The highest BCUT2D eigenvalue weighted by Crippen LogP contribution is 2.36. The predicted octanol–water partition coefficient (Wildman–Crippen LogP) is 5.33. The van der Waals surface area contributed by atoms with Crippen LogP contribution in [0.4, 0.5) is 11.4 Å². The summed E-state index contributed by atoms with van der Waals surface area (Å²) in [6.45, 7) is 1.45. The molecule has 0 fully saturated rings. The number of amides is 1. The van der Waals surface area contributed by atoms with Crippen LogP contribution in [0.1, 0.15) is 46.8 Å². The maximum atomic E-state index is 12.7. The molecule has 0 saturated carbocycles. The van der Waals surface area contributed by atoms with Crippen molar-refractivity contribution in [1.29, 1.82) is 0 Å². The molecule has 144 valence electrons. The van der Waals surface area contributed by atoms with E-state index in [1.807, 2.05) is 66.7 Å². The van der Waals surface area contributed by atoms with Gasteiger partial charge in [-0.15, -0.1) is 0 Å². The lowest BCUT2D eigenvalue weighted by Crippen LogP contribution is -2.17. The van der Waals surface area contributed by atoms with Crippen LogP contribution in [0.2, 0.25) is 0 Å². The first-order valence-electron chi connectivity index (χ1n) is 9.79. The number of carbonyl (C=O) groups is 2. The van der Waals surface area contributed by atoms with Crippen molar-refractivity contribution >= 4 is 28.8 Å². The molecule has 4 heteroatoms. The van der Waals surface area contributed by atoms with Crippen molar-refractivity contribution < 1.29 is 9.59 Å². The maximum Gasteiger partial charge on any atom is 0.221 e.